The van der Waals surface area contributed by atoms with Gasteiger partial charge in [0.15, 0.2) is 9.84 Å². The summed E-state index contributed by atoms with van der Waals surface area (Å²) in [6, 6.07) is 8.80. The Balaban J connectivity index is 1.90. The number of hydrogen-bond donors (Lipinski definition) is 1. The average molecular weight is 419 g/mol. The molecule has 146 valence electrons. The molecule has 1 amide bonds. The molecular formula is C19H19ClN4O3S. The normalized spacial score (nSPS) is 18.6. The molecule has 2 aromatic rings. The molecule has 1 atom stereocenters. The van der Waals surface area contributed by atoms with Crippen molar-refractivity contribution in [2.75, 3.05) is 16.8 Å². The summed E-state index contributed by atoms with van der Waals surface area (Å²) >= 11 is 6.41. The second kappa shape index (κ2) is 7.78. The van der Waals surface area contributed by atoms with E-state index in [1.54, 1.807) is 19.1 Å². The summed E-state index contributed by atoms with van der Waals surface area (Å²) in [7, 11) is -3.10. The molecule has 0 spiro atoms. The van der Waals surface area contributed by atoms with Gasteiger partial charge in [-0.2, -0.15) is 10.4 Å². The Bertz CT molecular complexity index is 1110. The molecule has 3 rings (SSSR count). The van der Waals surface area contributed by atoms with E-state index in [1.807, 2.05) is 25.1 Å². The Morgan fingerprint density at radius 1 is 1.39 bits per heavy atom. The van der Waals surface area contributed by atoms with Crippen molar-refractivity contribution in [2.24, 2.45) is 0 Å². The predicted molar refractivity (Wildman–Crippen MR) is 108 cm³/mol. The molecule has 1 saturated heterocycles. The zero-order valence-corrected chi connectivity index (χ0v) is 17.0. The number of amides is 1. The number of benzene rings is 1. The van der Waals surface area contributed by atoms with Crippen LogP contribution in [-0.2, 0) is 14.6 Å². The zero-order chi connectivity index (χ0) is 20.5. The average Bonchev–Trinajstić information content (AvgIpc) is 3.14. The van der Waals surface area contributed by atoms with Gasteiger partial charge >= 0.3 is 0 Å². The highest BCUT2D eigenvalue weighted by Crippen LogP contribution is 2.31. The first kappa shape index (κ1) is 20.1. The lowest BCUT2D eigenvalue weighted by molar-refractivity contribution is -0.112. The lowest BCUT2D eigenvalue weighted by Crippen LogP contribution is -2.14. The second-order valence-electron chi connectivity index (χ2n) is 6.73. The molecule has 0 radical (unpaired) electrons. The summed E-state index contributed by atoms with van der Waals surface area (Å²) < 4.78 is 25.0. The minimum Gasteiger partial charge on any atom is -0.321 e. The molecule has 28 heavy (non-hydrogen) atoms. The molecule has 1 aliphatic rings. The van der Waals surface area contributed by atoms with E-state index in [0.717, 1.165) is 5.56 Å². The number of carbonyl (C=O) groups is 1. The summed E-state index contributed by atoms with van der Waals surface area (Å²) in [4.78, 5) is 12.5. The van der Waals surface area contributed by atoms with Crippen molar-refractivity contribution in [2.45, 2.75) is 26.3 Å². The third kappa shape index (κ3) is 4.11. The van der Waals surface area contributed by atoms with Gasteiger partial charge < -0.3 is 5.32 Å². The van der Waals surface area contributed by atoms with Crippen LogP contribution in [0, 0.1) is 25.2 Å². The van der Waals surface area contributed by atoms with Gasteiger partial charge in [-0.1, -0.05) is 29.8 Å². The van der Waals surface area contributed by atoms with Gasteiger partial charge in [0.25, 0.3) is 5.91 Å². The molecule has 1 fully saturated rings. The van der Waals surface area contributed by atoms with Crippen molar-refractivity contribution in [1.82, 2.24) is 9.78 Å². The van der Waals surface area contributed by atoms with Gasteiger partial charge in [-0.05, 0) is 38.0 Å². The van der Waals surface area contributed by atoms with Crippen LogP contribution in [-0.4, -0.2) is 35.6 Å². The summed E-state index contributed by atoms with van der Waals surface area (Å²) in [5.41, 5.74) is 2.32. The fourth-order valence-electron chi connectivity index (χ4n) is 3.10. The standard InChI is InChI=1S/C19H19ClN4O3S/c1-12-5-3-4-6-17(12)22-19(25)14(10-21)9-16-13(2)23-24(18(16)20)15-7-8-28(26,27)11-15/h3-6,9,15H,7-8,11H2,1-2H3,(H,22,25)/b14-9+/t15-/m1/s1. The Morgan fingerprint density at radius 3 is 2.71 bits per heavy atom. The summed E-state index contributed by atoms with van der Waals surface area (Å²) in [6.45, 7) is 3.55. The van der Waals surface area contributed by atoms with E-state index in [1.165, 1.54) is 10.8 Å². The van der Waals surface area contributed by atoms with E-state index in [0.29, 0.717) is 23.4 Å². The van der Waals surface area contributed by atoms with Crippen molar-refractivity contribution in [1.29, 1.82) is 5.26 Å². The minimum atomic E-state index is -3.10. The van der Waals surface area contributed by atoms with Gasteiger partial charge in [0, 0.05) is 11.3 Å². The largest absolute Gasteiger partial charge is 0.321 e. The Labute approximate surface area is 168 Å². The van der Waals surface area contributed by atoms with E-state index in [2.05, 4.69) is 10.4 Å². The summed E-state index contributed by atoms with van der Waals surface area (Å²) in [5, 5.41) is 16.7. The number of para-hydroxylation sites is 1. The first-order chi connectivity index (χ1) is 13.2. The van der Waals surface area contributed by atoms with E-state index in [4.69, 9.17) is 11.6 Å². The molecule has 7 nitrogen and oxygen atoms in total. The Morgan fingerprint density at radius 2 is 2.11 bits per heavy atom. The van der Waals surface area contributed by atoms with Gasteiger partial charge in [-0.3, -0.25) is 4.79 Å². The quantitative estimate of drug-likeness (QED) is 0.606. The number of nitrogens with zero attached hydrogens (tertiary/aromatic N) is 3. The molecular weight excluding hydrogens is 400 g/mol. The molecule has 1 aromatic heterocycles. The Kier molecular flexibility index (Phi) is 5.59. The number of halogens is 1. The minimum absolute atomic E-state index is 0.0180. The van der Waals surface area contributed by atoms with E-state index >= 15 is 0 Å². The number of aromatic nitrogens is 2. The van der Waals surface area contributed by atoms with Crippen LogP contribution < -0.4 is 5.32 Å². The molecule has 1 aliphatic heterocycles. The SMILES string of the molecule is Cc1ccccc1NC(=O)/C(C#N)=C/c1c(C)nn([C@@H]2CCS(=O)(=O)C2)c1Cl. The third-order valence-electron chi connectivity index (χ3n) is 4.67. The van der Waals surface area contributed by atoms with Crippen molar-refractivity contribution in [3.8, 4) is 6.07 Å². The number of nitrogens with one attached hydrogen (secondary N) is 1. The fourth-order valence-corrected chi connectivity index (χ4v) is 5.16. The fraction of sp³-hybridized carbons (Fsp3) is 0.316. The van der Waals surface area contributed by atoms with Crippen LogP contribution in [0.5, 0.6) is 0 Å². The monoisotopic (exact) mass is 418 g/mol. The molecule has 1 N–H and O–H groups in total. The van der Waals surface area contributed by atoms with E-state index < -0.39 is 15.7 Å². The first-order valence-corrected chi connectivity index (χ1v) is 10.9. The second-order valence-corrected chi connectivity index (χ2v) is 9.32. The summed E-state index contributed by atoms with van der Waals surface area (Å²) in [5.74, 6) is -0.473. The molecule has 0 saturated carbocycles. The molecule has 0 unspecified atom stereocenters. The third-order valence-corrected chi connectivity index (χ3v) is 6.80. The van der Waals surface area contributed by atoms with Crippen LogP contribution in [0.15, 0.2) is 29.8 Å². The lowest BCUT2D eigenvalue weighted by atomic mass is 10.1. The maximum atomic E-state index is 12.5. The number of sulfone groups is 1. The maximum absolute atomic E-state index is 12.5. The van der Waals surface area contributed by atoms with Crippen molar-refractivity contribution < 1.29 is 13.2 Å². The lowest BCUT2D eigenvalue weighted by Gasteiger charge is -2.09. The van der Waals surface area contributed by atoms with Crippen molar-refractivity contribution in [3.63, 3.8) is 0 Å². The maximum Gasteiger partial charge on any atom is 0.266 e. The van der Waals surface area contributed by atoms with Crippen LogP contribution in [0.2, 0.25) is 5.15 Å². The van der Waals surface area contributed by atoms with Crippen molar-refractivity contribution >= 4 is 39.1 Å². The molecule has 0 aliphatic carbocycles. The number of aryl methyl sites for hydroxylation is 2. The highest BCUT2D eigenvalue weighted by Gasteiger charge is 2.32. The highest BCUT2D eigenvalue weighted by atomic mass is 35.5. The first-order valence-electron chi connectivity index (χ1n) is 8.65. The number of carbonyl (C=O) groups excluding carboxylic acids is 1. The Hall–Kier alpha value is -2.63. The van der Waals surface area contributed by atoms with Crippen molar-refractivity contribution in [3.05, 3.63) is 51.8 Å². The molecule has 0 bridgehead atoms. The number of hydrogen-bond acceptors (Lipinski definition) is 5. The zero-order valence-electron chi connectivity index (χ0n) is 15.4. The highest BCUT2D eigenvalue weighted by molar-refractivity contribution is 7.91. The summed E-state index contributed by atoms with van der Waals surface area (Å²) in [6.07, 6.45) is 1.82. The van der Waals surface area contributed by atoms with Gasteiger partial charge in [0.2, 0.25) is 0 Å². The number of anilines is 1. The van der Waals surface area contributed by atoms with Crippen LogP contribution in [0.4, 0.5) is 5.69 Å². The van der Waals surface area contributed by atoms with Crippen LogP contribution in [0.1, 0.15) is 29.3 Å². The number of rotatable bonds is 4. The van der Waals surface area contributed by atoms with Crippen LogP contribution >= 0.6 is 11.6 Å². The molecule has 2 heterocycles. The van der Waals surface area contributed by atoms with Gasteiger partial charge in [-0.15, -0.1) is 0 Å². The number of nitriles is 1. The molecule has 9 heteroatoms. The van der Waals surface area contributed by atoms with Crippen LogP contribution in [0.25, 0.3) is 6.08 Å². The smallest absolute Gasteiger partial charge is 0.266 e. The van der Waals surface area contributed by atoms with E-state index in [9.17, 15) is 18.5 Å². The van der Waals surface area contributed by atoms with E-state index in [-0.39, 0.29) is 28.3 Å². The molecule has 1 aromatic carbocycles. The van der Waals surface area contributed by atoms with Gasteiger partial charge in [0.1, 0.15) is 16.8 Å². The topological polar surface area (TPSA) is 105 Å². The predicted octanol–water partition coefficient (Wildman–Crippen LogP) is 3.06. The van der Waals surface area contributed by atoms with Gasteiger partial charge in [-0.25, -0.2) is 13.1 Å². The van der Waals surface area contributed by atoms with Crippen LogP contribution in [0.3, 0.4) is 0 Å². The van der Waals surface area contributed by atoms with Gasteiger partial charge in [0.05, 0.1) is 23.2 Å².